The Morgan fingerprint density at radius 2 is 1.79 bits per heavy atom. The third-order valence-electron chi connectivity index (χ3n) is 4.34. The van der Waals surface area contributed by atoms with Crippen LogP contribution in [-0.2, 0) is 17.6 Å². The first kappa shape index (κ1) is 12.7. The van der Waals surface area contributed by atoms with E-state index in [0.29, 0.717) is 5.91 Å². The number of nitrogens with zero attached hydrogens (tertiary/aromatic N) is 1. The van der Waals surface area contributed by atoms with E-state index < -0.39 is 0 Å². The van der Waals surface area contributed by atoms with Gasteiger partial charge in [-0.25, -0.2) is 0 Å². The largest absolute Gasteiger partial charge is 0.341 e. The number of nitrogens with one attached hydrogen (secondary N) is 1. The summed E-state index contributed by atoms with van der Waals surface area (Å²) < 4.78 is 0. The predicted molar refractivity (Wildman–Crippen MR) is 76.1 cm³/mol. The molecule has 102 valence electrons. The van der Waals surface area contributed by atoms with Crippen molar-refractivity contribution in [2.45, 2.75) is 38.1 Å². The highest BCUT2D eigenvalue weighted by Gasteiger charge is 2.26. The Morgan fingerprint density at radius 3 is 2.37 bits per heavy atom. The van der Waals surface area contributed by atoms with Crippen molar-refractivity contribution in [2.75, 3.05) is 19.6 Å². The van der Waals surface area contributed by atoms with E-state index in [1.807, 2.05) is 0 Å². The van der Waals surface area contributed by atoms with Crippen molar-refractivity contribution in [1.82, 2.24) is 10.2 Å². The van der Waals surface area contributed by atoms with Gasteiger partial charge in [0.2, 0.25) is 5.91 Å². The maximum atomic E-state index is 12.5. The molecule has 2 heterocycles. The van der Waals surface area contributed by atoms with Crippen LogP contribution in [0.4, 0.5) is 0 Å². The first-order chi connectivity index (χ1) is 9.34. The molecule has 2 aliphatic heterocycles. The van der Waals surface area contributed by atoms with E-state index in [1.54, 1.807) is 0 Å². The SMILES string of the molecule is O=C(C1CCCCN1)N1CCc2ccccc2CC1. The molecule has 0 saturated carbocycles. The smallest absolute Gasteiger partial charge is 0.239 e. The number of piperidine rings is 1. The summed E-state index contributed by atoms with van der Waals surface area (Å²) in [4.78, 5) is 14.6. The summed E-state index contributed by atoms with van der Waals surface area (Å²) in [6.45, 7) is 2.73. The van der Waals surface area contributed by atoms with Gasteiger partial charge in [-0.15, -0.1) is 0 Å². The minimum Gasteiger partial charge on any atom is -0.341 e. The molecule has 0 aliphatic carbocycles. The van der Waals surface area contributed by atoms with Crippen LogP contribution in [0.2, 0.25) is 0 Å². The van der Waals surface area contributed by atoms with Crippen molar-refractivity contribution in [2.24, 2.45) is 0 Å². The quantitative estimate of drug-likeness (QED) is 0.832. The van der Waals surface area contributed by atoms with Gasteiger partial charge in [0.25, 0.3) is 0 Å². The van der Waals surface area contributed by atoms with Gasteiger partial charge in [-0.3, -0.25) is 4.79 Å². The van der Waals surface area contributed by atoms with E-state index in [9.17, 15) is 4.79 Å². The van der Waals surface area contributed by atoms with Gasteiger partial charge >= 0.3 is 0 Å². The molecular formula is C16H22N2O. The molecule has 3 heteroatoms. The van der Waals surface area contributed by atoms with Gasteiger partial charge in [-0.05, 0) is 43.4 Å². The zero-order valence-electron chi connectivity index (χ0n) is 11.4. The molecule has 0 radical (unpaired) electrons. The summed E-state index contributed by atoms with van der Waals surface area (Å²) in [6, 6.07) is 8.65. The Labute approximate surface area is 115 Å². The number of fused-ring (bicyclic) bond motifs is 1. The molecular weight excluding hydrogens is 236 g/mol. The molecule has 19 heavy (non-hydrogen) atoms. The lowest BCUT2D eigenvalue weighted by molar-refractivity contribution is -0.133. The van der Waals surface area contributed by atoms with E-state index >= 15 is 0 Å². The van der Waals surface area contributed by atoms with Gasteiger partial charge in [0.05, 0.1) is 6.04 Å². The summed E-state index contributed by atoms with van der Waals surface area (Å²) >= 11 is 0. The summed E-state index contributed by atoms with van der Waals surface area (Å²) in [5, 5.41) is 3.37. The van der Waals surface area contributed by atoms with Crippen molar-refractivity contribution in [1.29, 1.82) is 0 Å². The summed E-state index contributed by atoms with van der Waals surface area (Å²) in [5.74, 6) is 0.313. The summed E-state index contributed by atoms with van der Waals surface area (Å²) in [7, 11) is 0. The third-order valence-corrected chi connectivity index (χ3v) is 4.34. The van der Waals surface area contributed by atoms with E-state index in [1.165, 1.54) is 24.0 Å². The van der Waals surface area contributed by atoms with Crippen LogP contribution in [0.5, 0.6) is 0 Å². The topological polar surface area (TPSA) is 32.3 Å². The van der Waals surface area contributed by atoms with Crippen molar-refractivity contribution in [3.05, 3.63) is 35.4 Å². The van der Waals surface area contributed by atoms with Gasteiger partial charge in [-0.2, -0.15) is 0 Å². The van der Waals surface area contributed by atoms with Crippen molar-refractivity contribution in [3.63, 3.8) is 0 Å². The Morgan fingerprint density at radius 1 is 1.11 bits per heavy atom. The van der Waals surface area contributed by atoms with Crippen LogP contribution >= 0.6 is 0 Å². The molecule has 1 atom stereocenters. The molecule has 3 nitrogen and oxygen atoms in total. The van der Waals surface area contributed by atoms with Crippen LogP contribution in [-0.4, -0.2) is 36.5 Å². The number of benzene rings is 1. The maximum Gasteiger partial charge on any atom is 0.239 e. The minimum atomic E-state index is 0.0648. The molecule has 1 aromatic carbocycles. The summed E-state index contributed by atoms with van der Waals surface area (Å²) in [6.07, 6.45) is 5.37. The molecule has 1 saturated heterocycles. The minimum absolute atomic E-state index is 0.0648. The fourth-order valence-corrected chi connectivity index (χ4v) is 3.17. The average molecular weight is 258 g/mol. The lowest BCUT2D eigenvalue weighted by atomic mass is 10.0. The van der Waals surface area contributed by atoms with Crippen LogP contribution in [0.1, 0.15) is 30.4 Å². The predicted octanol–water partition coefficient (Wildman–Crippen LogP) is 1.76. The van der Waals surface area contributed by atoms with E-state index in [4.69, 9.17) is 0 Å². The molecule has 0 spiro atoms. The molecule has 3 rings (SSSR count). The third kappa shape index (κ3) is 2.81. The van der Waals surface area contributed by atoms with E-state index in [0.717, 1.165) is 38.9 Å². The lowest BCUT2D eigenvalue weighted by Gasteiger charge is -2.29. The molecule has 0 aromatic heterocycles. The Balaban J connectivity index is 1.66. The zero-order valence-corrected chi connectivity index (χ0v) is 11.4. The monoisotopic (exact) mass is 258 g/mol. The van der Waals surface area contributed by atoms with Gasteiger partial charge in [0, 0.05) is 13.1 Å². The fourth-order valence-electron chi connectivity index (χ4n) is 3.17. The van der Waals surface area contributed by atoms with Crippen molar-refractivity contribution in [3.8, 4) is 0 Å². The fraction of sp³-hybridized carbons (Fsp3) is 0.562. The Hall–Kier alpha value is -1.35. The van der Waals surface area contributed by atoms with E-state index in [2.05, 4.69) is 34.5 Å². The molecule has 1 amide bonds. The second kappa shape index (κ2) is 5.74. The normalized spacial score (nSPS) is 23.6. The first-order valence-electron chi connectivity index (χ1n) is 7.43. The first-order valence-corrected chi connectivity index (χ1v) is 7.43. The molecule has 2 aliphatic rings. The maximum absolute atomic E-state index is 12.5. The van der Waals surface area contributed by atoms with Crippen LogP contribution < -0.4 is 5.32 Å². The van der Waals surface area contributed by atoms with Gasteiger partial charge in [0.15, 0.2) is 0 Å². The second-order valence-electron chi connectivity index (χ2n) is 5.60. The Bertz CT molecular complexity index is 425. The molecule has 1 N–H and O–H groups in total. The highest BCUT2D eigenvalue weighted by atomic mass is 16.2. The highest BCUT2D eigenvalue weighted by Crippen LogP contribution is 2.17. The van der Waals surface area contributed by atoms with Crippen LogP contribution in [0.3, 0.4) is 0 Å². The van der Waals surface area contributed by atoms with Gasteiger partial charge in [-0.1, -0.05) is 30.7 Å². The number of carbonyl (C=O) groups excluding carboxylic acids is 1. The van der Waals surface area contributed by atoms with E-state index in [-0.39, 0.29) is 6.04 Å². The number of hydrogen-bond acceptors (Lipinski definition) is 2. The second-order valence-corrected chi connectivity index (χ2v) is 5.60. The highest BCUT2D eigenvalue weighted by molar-refractivity contribution is 5.82. The standard InChI is InChI=1S/C16H22N2O/c19-16(15-7-3-4-10-17-15)18-11-8-13-5-1-2-6-14(13)9-12-18/h1-2,5-6,15,17H,3-4,7-12H2. The van der Waals surface area contributed by atoms with Gasteiger partial charge in [0.1, 0.15) is 0 Å². The average Bonchev–Trinajstić information content (AvgIpc) is 2.70. The molecule has 0 bridgehead atoms. The summed E-state index contributed by atoms with van der Waals surface area (Å²) in [5.41, 5.74) is 2.82. The number of amides is 1. The zero-order chi connectivity index (χ0) is 13.1. The molecule has 1 fully saturated rings. The van der Waals surface area contributed by atoms with Crippen molar-refractivity contribution < 1.29 is 4.79 Å². The number of hydrogen-bond donors (Lipinski definition) is 1. The lowest BCUT2D eigenvalue weighted by Crippen LogP contribution is -2.49. The number of carbonyl (C=O) groups is 1. The molecule has 1 unspecified atom stereocenters. The number of rotatable bonds is 1. The van der Waals surface area contributed by atoms with Crippen LogP contribution in [0.15, 0.2) is 24.3 Å². The molecule has 1 aromatic rings. The van der Waals surface area contributed by atoms with Crippen molar-refractivity contribution >= 4 is 5.91 Å². The van der Waals surface area contributed by atoms with Crippen LogP contribution in [0, 0.1) is 0 Å². The Kier molecular flexibility index (Phi) is 3.83. The van der Waals surface area contributed by atoms with Crippen LogP contribution in [0.25, 0.3) is 0 Å². The van der Waals surface area contributed by atoms with Gasteiger partial charge < -0.3 is 10.2 Å².